The molecule has 28 heavy (non-hydrogen) atoms. The summed E-state index contributed by atoms with van der Waals surface area (Å²) in [5, 5.41) is 9.78. The van der Waals surface area contributed by atoms with Crippen LogP contribution in [-0.4, -0.2) is 51.1 Å². The number of guanidine groups is 1. The molecule has 1 unspecified atom stereocenters. The molecule has 0 saturated carbocycles. The van der Waals surface area contributed by atoms with Crippen molar-refractivity contribution in [2.75, 3.05) is 38.1 Å². The van der Waals surface area contributed by atoms with Crippen LogP contribution in [0.15, 0.2) is 65.7 Å². The van der Waals surface area contributed by atoms with Crippen LogP contribution >= 0.6 is 0 Å². The molecule has 1 fully saturated rings. The van der Waals surface area contributed by atoms with Crippen LogP contribution in [0.5, 0.6) is 0 Å². The van der Waals surface area contributed by atoms with Gasteiger partial charge in [0, 0.05) is 50.5 Å². The van der Waals surface area contributed by atoms with Crippen molar-refractivity contribution in [2.24, 2.45) is 4.99 Å². The molecule has 3 N–H and O–H groups in total. The zero-order valence-electron chi connectivity index (χ0n) is 16.4. The second-order valence-electron chi connectivity index (χ2n) is 6.89. The van der Waals surface area contributed by atoms with E-state index >= 15 is 0 Å². The molecule has 1 aliphatic heterocycles. The van der Waals surface area contributed by atoms with E-state index in [4.69, 9.17) is 0 Å². The molecule has 0 radical (unpaired) electrons. The number of carbonyl (C=O) groups excluding carboxylic acids is 1. The van der Waals surface area contributed by atoms with Crippen LogP contribution in [0.3, 0.4) is 0 Å². The Morgan fingerprint density at radius 3 is 2.43 bits per heavy atom. The van der Waals surface area contributed by atoms with Crippen molar-refractivity contribution in [3.8, 4) is 0 Å². The molecule has 6 heteroatoms. The largest absolute Gasteiger partial charge is 0.369 e. The normalized spacial score (nSPS) is 16.7. The topological polar surface area (TPSA) is 68.8 Å². The highest BCUT2D eigenvalue weighted by Crippen LogP contribution is 2.19. The summed E-state index contributed by atoms with van der Waals surface area (Å²) in [6.45, 7) is 3.40. The maximum Gasteiger partial charge on any atom is 0.251 e. The number of nitrogens with zero attached hydrogens (tertiary/aromatic N) is 2. The molecule has 1 aliphatic rings. The molecule has 2 aromatic carbocycles. The van der Waals surface area contributed by atoms with Crippen molar-refractivity contribution in [2.45, 2.75) is 18.9 Å². The third-order valence-corrected chi connectivity index (χ3v) is 4.84. The van der Waals surface area contributed by atoms with Crippen molar-refractivity contribution in [1.29, 1.82) is 0 Å². The number of nitrogens with one attached hydrogen (secondary N) is 3. The van der Waals surface area contributed by atoms with Crippen molar-refractivity contribution in [1.82, 2.24) is 16.0 Å². The quantitative estimate of drug-likeness (QED) is 0.392. The van der Waals surface area contributed by atoms with E-state index < -0.39 is 0 Å². The van der Waals surface area contributed by atoms with Gasteiger partial charge in [-0.2, -0.15) is 0 Å². The van der Waals surface area contributed by atoms with E-state index in [-0.39, 0.29) is 5.91 Å². The van der Waals surface area contributed by atoms with E-state index in [2.05, 4.69) is 50.1 Å². The predicted octanol–water partition coefficient (Wildman–Crippen LogP) is 2.25. The van der Waals surface area contributed by atoms with Crippen LogP contribution in [0.1, 0.15) is 23.2 Å². The molecule has 1 saturated heterocycles. The summed E-state index contributed by atoms with van der Waals surface area (Å²) < 4.78 is 0. The first kappa shape index (κ1) is 19.7. The third kappa shape index (κ3) is 5.74. The Bertz CT molecular complexity index is 763. The molecule has 3 rings (SSSR count). The van der Waals surface area contributed by atoms with Gasteiger partial charge < -0.3 is 20.9 Å². The van der Waals surface area contributed by atoms with Crippen LogP contribution in [0.2, 0.25) is 0 Å². The van der Waals surface area contributed by atoms with E-state index in [0.717, 1.165) is 38.4 Å². The Kier molecular flexibility index (Phi) is 7.29. The van der Waals surface area contributed by atoms with Gasteiger partial charge >= 0.3 is 0 Å². The fraction of sp³-hybridized carbons (Fsp3) is 0.364. The summed E-state index contributed by atoms with van der Waals surface area (Å²) in [5.41, 5.74) is 1.96. The number of para-hydroxylation sites is 1. The minimum atomic E-state index is -0.0323. The van der Waals surface area contributed by atoms with Gasteiger partial charge in [-0.25, -0.2) is 0 Å². The van der Waals surface area contributed by atoms with Crippen LogP contribution in [0.4, 0.5) is 5.69 Å². The Balaban J connectivity index is 1.33. The van der Waals surface area contributed by atoms with E-state index in [1.54, 1.807) is 7.05 Å². The lowest BCUT2D eigenvalue weighted by atomic mass is 10.2. The number of amides is 1. The fourth-order valence-corrected chi connectivity index (χ4v) is 3.33. The highest BCUT2D eigenvalue weighted by molar-refractivity contribution is 5.94. The third-order valence-electron chi connectivity index (χ3n) is 4.84. The van der Waals surface area contributed by atoms with Crippen LogP contribution < -0.4 is 20.9 Å². The molecule has 6 nitrogen and oxygen atoms in total. The lowest BCUT2D eigenvalue weighted by Gasteiger charge is -2.20. The molecule has 0 aromatic heterocycles. The summed E-state index contributed by atoms with van der Waals surface area (Å²) in [6.07, 6.45) is 1.92. The molecular weight excluding hydrogens is 350 g/mol. The second kappa shape index (κ2) is 10.3. The van der Waals surface area contributed by atoms with Gasteiger partial charge in [0.25, 0.3) is 5.91 Å². The Hall–Kier alpha value is -3.02. The van der Waals surface area contributed by atoms with Gasteiger partial charge in [0.15, 0.2) is 5.96 Å². The number of carbonyl (C=O) groups is 1. The van der Waals surface area contributed by atoms with Crippen LogP contribution in [0, 0.1) is 0 Å². The number of anilines is 1. The SMILES string of the molecule is CN=C(NCCCNC(=O)c1ccccc1)NC1CCN(c2ccccc2)C1. The summed E-state index contributed by atoms with van der Waals surface area (Å²) in [7, 11) is 1.79. The molecule has 0 spiro atoms. The zero-order chi connectivity index (χ0) is 19.6. The first-order chi connectivity index (χ1) is 13.8. The number of rotatable bonds is 7. The zero-order valence-corrected chi connectivity index (χ0v) is 16.4. The Morgan fingerprint density at radius 1 is 1.04 bits per heavy atom. The number of benzene rings is 2. The number of hydrogen-bond donors (Lipinski definition) is 3. The molecule has 148 valence electrons. The number of hydrogen-bond acceptors (Lipinski definition) is 3. The van der Waals surface area contributed by atoms with E-state index in [0.29, 0.717) is 18.2 Å². The lowest BCUT2D eigenvalue weighted by molar-refractivity contribution is 0.0953. The van der Waals surface area contributed by atoms with Crippen molar-refractivity contribution >= 4 is 17.6 Å². The van der Waals surface area contributed by atoms with E-state index in [1.807, 2.05) is 36.4 Å². The Morgan fingerprint density at radius 2 is 1.71 bits per heavy atom. The van der Waals surface area contributed by atoms with Gasteiger partial charge in [-0.1, -0.05) is 36.4 Å². The van der Waals surface area contributed by atoms with Gasteiger partial charge in [0.2, 0.25) is 0 Å². The maximum absolute atomic E-state index is 12.0. The molecular formula is C22H29N5O. The van der Waals surface area contributed by atoms with Crippen LogP contribution in [-0.2, 0) is 0 Å². The fourth-order valence-electron chi connectivity index (χ4n) is 3.33. The first-order valence-electron chi connectivity index (χ1n) is 9.86. The second-order valence-corrected chi connectivity index (χ2v) is 6.89. The predicted molar refractivity (Wildman–Crippen MR) is 115 cm³/mol. The monoisotopic (exact) mass is 379 g/mol. The van der Waals surface area contributed by atoms with Crippen molar-refractivity contribution in [3.05, 3.63) is 66.2 Å². The number of aliphatic imine (C=N–C) groups is 1. The minimum Gasteiger partial charge on any atom is -0.369 e. The van der Waals surface area contributed by atoms with Gasteiger partial charge in [-0.15, -0.1) is 0 Å². The average molecular weight is 380 g/mol. The molecule has 2 aromatic rings. The van der Waals surface area contributed by atoms with E-state index in [9.17, 15) is 4.79 Å². The lowest BCUT2D eigenvalue weighted by Crippen LogP contribution is -2.45. The summed E-state index contributed by atoms with van der Waals surface area (Å²) >= 11 is 0. The van der Waals surface area contributed by atoms with E-state index in [1.165, 1.54) is 5.69 Å². The smallest absolute Gasteiger partial charge is 0.251 e. The van der Waals surface area contributed by atoms with Gasteiger partial charge in [0.05, 0.1) is 0 Å². The van der Waals surface area contributed by atoms with Crippen molar-refractivity contribution < 1.29 is 4.79 Å². The highest BCUT2D eigenvalue weighted by Gasteiger charge is 2.23. The van der Waals surface area contributed by atoms with Gasteiger partial charge in [-0.05, 0) is 37.1 Å². The molecule has 1 atom stereocenters. The first-order valence-corrected chi connectivity index (χ1v) is 9.86. The molecule has 1 amide bonds. The molecule has 1 heterocycles. The average Bonchev–Trinajstić information content (AvgIpc) is 3.22. The maximum atomic E-state index is 12.0. The highest BCUT2D eigenvalue weighted by atomic mass is 16.1. The van der Waals surface area contributed by atoms with Crippen LogP contribution in [0.25, 0.3) is 0 Å². The minimum absolute atomic E-state index is 0.0323. The standard InChI is InChI=1S/C22H29N5O/c1-23-22(25-15-8-14-24-21(28)18-9-4-2-5-10-18)26-19-13-16-27(17-19)20-11-6-3-7-12-20/h2-7,9-12,19H,8,13-17H2,1H3,(H,24,28)(H2,23,25,26). The van der Waals surface area contributed by atoms with Crippen molar-refractivity contribution in [3.63, 3.8) is 0 Å². The van der Waals surface area contributed by atoms with Gasteiger partial charge in [-0.3, -0.25) is 9.79 Å². The summed E-state index contributed by atoms with van der Waals surface area (Å²) in [4.78, 5) is 18.7. The summed E-state index contributed by atoms with van der Waals surface area (Å²) in [5.74, 6) is 0.782. The molecule has 0 aliphatic carbocycles. The summed E-state index contributed by atoms with van der Waals surface area (Å²) in [6, 6.07) is 20.2. The Labute approximate surface area is 167 Å². The molecule has 0 bridgehead atoms. The van der Waals surface area contributed by atoms with Gasteiger partial charge in [0.1, 0.15) is 0 Å².